The minimum absolute atomic E-state index is 0.635. The molecule has 39 heavy (non-hydrogen) atoms. The van der Waals surface area contributed by atoms with Gasteiger partial charge in [-0.05, 0) is 48.5 Å². The van der Waals surface area contributed by atoms with Gasteiger partial charge < -0.3 is 14.0 Å². The van der Waals surface area contributed by atoms with Crippen LogP contribution in [-0.2, 0) is 0 Å². The number of aromatic amines is 1. The Morgan fingerprint density at radius 2 is 1.28 bits per heavy atom. The molecule has 0 fully saturated rings. The molecule has 0 spiro atoms. The number of aromatic nitrogens is 3. The van der Waals surface area contributed by atoms with Crippen molar-refractivity contribution in [1.29, 1.82) is 0 Å². The van der Waals surface area contributed by atoms with Crippen LogP contribution in [0.15, 0.2) is 126 Å². The zero-order valence-corrected chi connectivity index (χ0v) is 20.8. The Kier molecular flexibility index (Phi) is 4.02. The largest absolute Gasteiger partial charge is 0.436 e. The first kappa shape index (κ1) is 20.7. The molecule has 3 aromatic heterocycles. The third-order valence-electron chi connectivity index (χ3n) is 7.95. The van der Waals surface area contributed by atoms with Crippen LogP contribution in [0.4, 0.5) is 0 Å². The number of nitrogens with one attached hydrogen (secondary N) is 1. The average molecular weight is 500 g/mol. The van der Waals surface area contributed by atoms with E-state index in [4.69, 9.17) is 9.40 Å². The summed E-state index contributed by atoms with van der Waals surface area (Å²) in [7, 11) is 0. The summed E-state index contributed by atoms with van der Waals surface area (Å²) in [6.07, 6.45) is 0. The van der Waals surface area contributed by atoms with E-state index in [2.05, 4.69) is 107 Å². The highest BCUT2D eigenvalue weighted by molar-refractivity contribution is 6.36. The van der Waals surface area contributed by atoms with Crippen LogP contribution in [-0.4, -0.2) is 14.5 Å². The number of hydrogen-bond donors (Lipinski definition) is 1. The first-order valence-corrected chi connectivity index (χ1v) is 13.2. The summed E-state index contributed by atoms with van der Waals surface area (Å²) in [6, 6.07) is 42.5. The maximum atomic E-state index is 6.04. The van der Waals surface area contributed by atoms with Gasteiger partial charge in [0.1, 0.15) is 5.52 Å². The molecule has 0 unspecified atom stereocenters. The van der Waals surface area contributed by atoms with Gasteiger partial charge in [0.15, 0.2) is 5.58 Å². The summed E-state index contributed by atoms with van der Waals surface area (Å²) in [5, 5.41) is 7.50. The standard InChI is InChI=1S/C35H21N3O/c1-2-10-24-23(9-1)33-31(25-11-3-5-13-27(25)36-33)32-26-12-4-7-15-29(26)38(34(24)32)22-19-17-21(18-20-22)35-37-28-14-6-8-16-30(28)39-35/h1-20,36H. The Balaban J connectivity index is 1.39. The summed E-state index contributed by atoms with van der Waals surface area (Å²) in [6.45, 7) is 0. The van der Waals surface area contributed by atoms with Crippen molar-refractivity contribution in [2.45, 2.75) is 0 Å². The van der Waals surface area contributed by atoms with Crippen LogP contribution in [0.3, 0.4) is 0 Å². The summed E-state index contributed by atoms with van der Waals surface area (Å²) in [5.74, 6) is 0.635. The Bertz CT molecular complexity index is 2350. The quantitative estimate of drug-likeness (QED) is 0.257. The van der Waals surface area contributed by atoms with E-state index in [9.17, 15) is 0 Å². The Hall–Kier alpha value is -5.35. The second kappa shape index (κ2) is 7.59. The second-order valence-electron chi connectivity index (χ2n) is 10.1. The summed E-state index contributed by atoms with van der Waals surface area (Å²) in [4.78, 5) is 8.43. The zero-order valence-electron chi connectivity index (χ0n) is 20.8. The molecule has 4 nitrogen and oxygen atoms in total. The number of fused-ring (bicyclic) bond motifs is 11. The average Bonchev–Trinajstić information content (AvgIpc) is 3.69. The molecule has 9 aromatic rings. The van der Waals surface area contributed by atoms with Crippen molar-refractivity contribution in [3.63, 3.8) is 0 Å². The van der Waals surface area contributed by atoms with E-state index in [1.54, 1.807) is 0 Å². The number of para-hydroxylation sites is 4. The summed E-state index contributed by atoms with van der Waals surface area (Å²) < 4.78 is 8.45. The van der Waals surface area contributed by atoms with E-state index >= 15 is 0 Å². The van der Waals surface area contributed by atoms with Crippen molar-refractivity contribution >= 4 is 65.5 Å². The van der Waals surface area contributed by atoms with E-state index in [0.29, 0.717) is 5.89 Å². The minimum atomic E-state index is 0.635. The first-order chi connectivity index (χ1) is 19.3. The van der Waals surface area contributed by atoms with Gasteiger partial charge in [0.05, 0.1) is 16.6 Å². The molecular weight excluding hydrogens is 478 g/mol. The maximum absolute atomic E-state index is 6.04. The molecule has 0 aliphatic carbocycles. The lowest BCUT2D eigenvalue weighted by Crippen LogP contribution is -1.95. The van der Waals surface area contributed by atoms with Crippen LogP contribution in [0.5, 0.6) is 0 Å². The van der Waals surface area contributed by atoms with Crippen LogP contribution in [0.2, 0.25) is 0 Å². The highest BCUT2D eigenvalue weighted by Gasteiger charge is 2.21. The zero-order chi connectivity index (χ0) is 25.5. The van der Waals surface area contributed by atoms with Gasteiger partial charge in [-0.15, -0.1) is 0 Å². The van der Waals surface area contributed by atoms with Crippen LogP contribution < -0.4 is 0 Å². The minimum Gasteiger partial charge on any atom is -0.436 e. The predicted molar refractivity (Wildman–Crippen MR) is 161 cm³/mol. The van der Waals surface area contributed by atoms with Gasteiger partial charge in [-0.3, -0.25) is 0 Å². The smallest absolute Gasteiger partial charge is 0.227 e. The molecule has 3 heterocycles. The monoisotopic (exact) mass is 499 g/mol. The van der Waals surface area contributed by atoms with Crippen molar-refractivity contribution in [2.24, 2.45) is 0 Å². The van der Waals surface area contributed by atoms with E-state index < -0.39 is 0 Å². The van der Waals surface area contributed by atoms with Crippen molar-refractivity contribution in [3.05, 3.63) is 121 Å². The molecule has 1 N–H and O–H groups in total. The molecule has 0 amide bonds. The van der Waals surface area contributed by atoms with Gasteiger partial charge in [-0.2, -0.15) is 0 Å². The highest BCUT2D eigenvalue weighted by atomic mass is 16.3. The SMILES string of the molecule is c1ccc2oc(-c3ccc(-n4c5ccccc5c5c6c7ccccc7[nH]c6c6ccccc6c54)cc3)nc2c1. The molecule has 0 saturated carbocycles. The van der Waals surface area contributed by atoms with Gasteiger partial charge in [-0.25, -0.2) is 4.98 Å². The van der Waals surface area contributed by atoms with E-state index in [1.807, 2.05) is 24.3 Å². The molecule has 0 aliphatic rings. The lowest BCUT2D eigenvalue weighted by Gasteiger charge is -2.11. The van der Waals surface area contributed by atoms with Crippen LogP contribution in [0, 0.1) is 0 Å². The number of rotatable bonds is 2. The molecule has 9 rings (SSSR count). The van der Waals surface area contributed by atoms with Crippen molar-refractivity contribution in [2.75, 3.05) is 0 Å². The third kappa shape index (κ3) is 2.80. The van der Waals surface area contributed by atoms with E-state index in [1.165, 1.54) is 48.9 Å². The van der Waals surface area contributed by atoms with Gasteiger partial charge in [0.25, 0.3) is 0 Å². The number of oxazole rings is 1. The molecule has 0 bridgehead atoms. The lowest BCUT2D eigenvalue weighted by atomic mass is 9.99. The fourth-order valence-electron chi connectivity index (χ4n) is 6.28. The molecule has 182 valence electrons. The van der Waals surface area contributed by atoms with Gasteiger partial charge >= 0.3 is 0 Å². The Morgan fingerprint density at radius 1 is 0.590 bits per heavy atom. The first-order valence-electron chi connectivity index (χ1n) is 13.2. The number of benzene rings is 6. The van der Waals surface area contributed by atoms with E-state index in [0.717, 1.165) is 27.9 Å². The molecule has 0 aliphatic heterocycles. The summed E-state index contributed by atoms with van der Waals surface area (Å²) in [5.41, 5.74) is 8.48. The fourth-order valence-corrected chi connectivity index (χ4v) is 6.28. The predicted octanol–water partition coefficient (Wildman–Crippen LogP) is 9.38. The topological polar surface area (TPSA) is 46.8 Å². The lowest BCUT2D eigenvalue weighted by molar-refractivity contribution is 0.620. The van der Waals surface area contributed by atoms with Gasteiger partial charge in [-0.1, -0.05) is 72.8 Å². The van der Waals surface area contributed by atoms with Gasteiger partial charge in [0.2, 0.25) is 5.89 Å². The van der Waals surface area contributed by atoms with Crippen molar-refractivity contribution in [1.82, 2.24) is 14.5 Å². The van der Waals surface area contributed by atoms with Crippen molar-refractivity contribution < 1.29 is 4.42 Å². The molecular formula is C35H21N3O. The normalized spacial score (nSPS) is 12.1. The third-order valence-corrected chi connectivity index (χ3v) is 7.95. The maximum Gasteiger partial charge on any atom is 0.227 e. The van der Waals surface area contributed by atoms with Crippen LogP contribution in [0.1, 0.15) is 0 Å². The van der Waals surface area contributed by atoms with Crippen LogP contribution >= 0.6 is 0 Å². The number of H-pyrrole nitrogens is 1. The van der Waals surface area contributed by atoms with Gasteiger partial charge in [0, 0.05) is 49.1 Å². The highest BCUT2D eigenvalue weighted by Crippen LogP contribution is 2.44. The molecule has 0 atom stereocenters. The molecule has 4 heteroatoms. The number of nitrogens with zero attached hydrogens (tertiary/aromatic N) is 2. The number of hydrogen-bond acceptors (Lipinski definition) is 2. The van der Waals surface area contributed by atoms with E-state index in [-0.39, 0.29) is 0 Å². The second-order valence-corrected chi connectivity index (χ2v) is 10.1. The molecule has 0 saturated heterocycles. The summed E-state index contributed by atoms with van der Waals surface area (Å²) >= 11 is 0. The Labute approximate surface area is 222 Å². The molecule has 0 radical (unpaired) electrons. The van der Waals surface area contributed by atoms with Crippen molar-refractivity contribution in [3.8, 4) is 17.1 Å². The van der Waals surface area contributed by atoms with Crippen LogP contribution in [0.25, 0.3) is 82.6 Å². The molecule has 6 aromatic carbocycles. The fraction of sp³-hybridized carbons (Fsp3) is 0. The Morgan fingerprint density at radius 3 is 2.13 bits per heavy atom.